The fraction of sp³-hybridized carbons (Fsp3) is 0.333. The Bertz CT molecular complexity index is 766. The molecule has 2 heterocycles. The Labute approximate surface area is 144 Å². The molecule has 1 amide bonds. The lowest BCUT2D eigenvalue weighted by Gasteiger charge is -2.27. The Morgan fingerprint density at radius 2 is 2.08 bits per heavy atom. The topological polar surface area (TPSA) is 33.2 Å². The average Bonchev–Trinajstić information content (AvgIpc) is 2.90. The standard InChI is InChI=1S/C18H18F2N2OS/c1-11(2)9-22-17(23)10-24-18(22)14-8-21-6-5-13(14)12-3-4-15(19)16(20)7-12/h3-8,11,18H,9-10H2,1-2H3. The third kappa shape index (κ3) is 3.29. The molecule has 0 N–H and O–H groups in total. The van der Waals surface area contributed by atoms with E-state index in [2.05, 4.69) is 18.8 Å². The van der Waals surface area contributed by atoms with Crippen LogP contribution < -0.4 is 0 Å². The molecule has 0 saturated carbocycles. The fourth-order valence-corrected chi connectivity index (χ4v) is 4.05. The van der Waals surface area contributed by atoms with E-state index in [1.165, 1.54) is 17.8 Å². The second-order valence-corrected chi connectivity index (χ2v) is 7.26. The van der Waals surface area contributed by atoms with Gasteiger partial charge in [0, 0.05) is 24.5 Å². The number of aromatic nitrogens is 1. The Balaban J connectivity index is 2.02. The molecular weight excluding hydrogens is 330 g/mol. The van der Waals surface area contributed by atoms with Crippen LogP contribution in [0.1, 0.15) is 24.8 Å². The smallest absolute Gasteiger partial charge is 0.233 e. The number of hydrogen-bond donors (Lipinski definition) is 0. The summed E-state index contributed by atoms with van der Waals surface area (Å²) < 4.78 is 26.9. The molecule has 24 heavy (non-hydrogen) atoms. The van der Waals surface area contributed by atoms with Gasteiger partial charge in [0.05, 0.1) is 5.75 Å². The number of nitrogens with zero attached hydrogens (tertiary/aromatic N) is 2. The lowest BCUT2D eigenvalue weighted by Crippen LogP contribution is -2.31. The minimum Gasteiger partial charge on any atom is -0.325 e. The van der Waals surface area contributed by atoms with Gasteiger partial charge in [0.15, 0.2) is 11.6 Å². The van der Waals surface area contributed by atoms with E-state index in [4.69, 9.17) is 0 Å². The highest BCUT2D eigenvalue weighted by Crippen LogP contribution is 2.42. The zero-order valence-electron chi connectivity index (χ0n) is 13.5. The van der Waals surface area contributed by atoms with E-state index >= 15 is 0 Å². The van der Waals surface area contributed by atoms with Crippen LogP contribution in [0, 0.1) is 17.6 Å². The number of thioether (sulfide) groups is 1. The summed E-state index contributed by atoms with van der Waals surface area (Å²) in [5.74, 6) is -0.897. The first-order chi connectivity index (χ1) is 11.5. The van der Waals surface area contributed by atoms with Gasteiger partial charge in [-0.3, -0.25) is 9.78 Å². The second-order valence-electron chi connectivity index (χ2n) is 6.20. The minimum absolute atomic E-state index is 0.0961. The summed E-state index contributed by atoms with van der Waals surface area (Å²) in [5, 5.41) is -0.156. The van der Waals surface area contributed by atoms with Gasteiger partial charge < -0.3 is 4.90 Å². The van der Waals surface area contributed by atoms with Crippen LogP contribution >= 0.6 is 11.8 Å². The molecule has 2 aromatic rings. The lowest BCUT2D eigenvalue weighted by molar-refractivity contribution is -0.128. The quantitative estimate of drug-likeness (QED) is 0.828. The number of pyridine rings is 1. The molecule has 1 unspecified atom stereocenters. The summed E-state index contributed by atoms with van der Waals surface area (Å²) in [5.41, 5.74) is 2.20. The van der Waals surface area contributed by atoms with Crippen LogP contribution in [0.3, 0.4) is 0 Å². The fourth-order valence-electron chi connectivity index (χ4n) is 2.83. The number of benzene rings is 1. The predicted octanol–water partition coefficient (Wildman–Crippen LogP) is 4.26. The van der Waals surface area contributed by atoms with Crippen LogP contribution in [0.4, 0.5) is 8.78 Å². The van der Waals surface area contributed by atoms with Crippen molar-refractivity contribution < 1.29 is 13.6 Å². The first kappa shape index (κ1) is 16.9. The Morgan fingerprint density at radius 3 is 2.79 bits per heavy atom. The summed E-state index contributed by atoms with van der Waals surface area (Å²) >= 11 is 1.54. The summed E-state index contributed by atoms with van der Waals surface area (Å²) in [6.45, 7) is 4.78. The average molecular weight is 348 g/mol. The van der Waals surface area contributed by atoms with Crippen LogP contribution in [0.5, 0.6) is 0 Å². The number of rotatable bonds is 4. The van der Waals surface area contributed by atoms with Crippen molar-refractivity contribution >= 4 is 17.7 Å². The van der Waals surface area contributed by atoms with Crippen molar-refractivity contribution in [3.63, 3.8) is 0 Å². The SMILES string of the molecule is CC(C)CN1C(=O)CSC1c1cnccc1-c1ccc(F)c(F)c1. The van der Waals surface area contributed by atoms with Crippen LogP contribution in [0.2, 0.25) is 0 Å². The zero-order valence-corrected chi connectivity index (χ0v) is 14.3. The largest absolute Gasteiger partial charge is 0.325 e. The van der Waals surface area contributed by atoms with Gasteiger partial charge >= 0.3 is 0 Å². The van der Waals surface area contributed by atoms with Crippen molar-refractivity contribution in [2.45, 2.75) is 19.2 Å². The summed E-state index contributed by atoms with van der Waals surface area (Å²) in [6, 6.07) is 5.63. The number of carbonyl (C=O) groups excluding carboxylic acids is 1. The molecule has 1 saturated heterocycles. The summed E-state index contributed by atoms with van der Waals surface area (Å²) in [6.07, 6.45) is 3.33. The highest BCUT2D eigenvalue weighted by Gasteiger charge is 2.34. The van der Waals surface area contributed by atoms with Gasteiger partial charge in [-0.1, -0.05) is 19.9 Å². The van der Waals surface area contributed by atoms with Gasteiger partial charge in [-0.15, -0.1) is 11.8 Å². The predicted molar refractivity (Wildman–Crippen MR) is 91.3 cm³/mol. The van der Waals surface area contributed by atoms with E-state index in [1.54, 1.807) is 24.5 Å². The zero-order chi connectivity index (χ0) is 17.3. The third-order valence-electron chi connectivity index (χ3n) is 3.88. The second kappa shape index (κ2) is 6.89. The van der Waals surface area contributed by atoms with Gasteiger partial charge in [0.1, 0.15) is 5.37 Å². The van der Waals surface area contributed by atoms with Crippen LogP contribution in [0.15, 0.2) is 36.7 Å². The molecule has 1 fully saturated rings. The van der Waals surface area contributed by atoms with Gasteiger partial charge in [-0.05, 0) is 35.2 Å². The van der Waals surface area contributed by atoms with Crippen LogP contribution in [-0.4, -0.2) is 28.1 Å². The molecule has 126 valence electrons. The van der Waals surface area contributed by atoms with Gasteiger partial charge in [0.2, 0.25) is 5.91 Å². The normalized spacial score (nSPS) is 17.8. The minimum atomic E-state index is -0.885. The summed E-state index contributed by atoms with van der Waals surface area (Å²) in [7, 11) is 0. The summed E-state index contributed by atoms with van der Waals surface area (Å²) in [4.78, 5) is 18.2. The van der Waals surface area contributed by atoms with Crippen molar-refractivity contribution in [3.05, 3.63) is 53.9 Å². The van der Waals surface area contributed by atoms with E-state index in [-0.39, 0.29) is 11.3 Å². The van der Waals surface area contributed by atoms with Crippen molar-refractivity contribution in [3.8, 4) is 11.1 Å². The van der Waals surface area contributed by atoms with E-state index in [9.17, 15) is 13.6 Å². The maximum absolute atomic E-state index is 13.6. The number of halogens is 2. The van der Waals surface area contributed by atoms with Crippen molar-refractivity contribution in [2.24, 2.45) is 5.92 Å². The highest BCUT2D eigenvalue weighted by molar-refractivity contribution is 8.00. The van der Waals surface area contributed by atoms with Crippen molar-refractivity contribution in [1.29, 1.82) is 0 Å². The monoisotopic (exact) mass is 348 g/mol. The van der Waals surface area contributed by atoms with Crippen LogP contribution in [0.25, 0.3) is 11.1 Å². The third-order valence-corrected chi connectivity index (χ3v) is 5.12. The van der Waals surface area contributed by atoms with E-state index in [0.717, 1.165) is 17.2 Å². The molecular formula is C18H18F2N2OS. The molecule has 0 bridgehead atoms. The first-order valence-electron chi connectivity index (χ1n) is 7.77. The van der Waals surface area contributed by atoms with Gasteiger partial charge in [-0.25, -0.2) is 8.78 Å². The Kier molecular flexibility index (Phi) is 4.85. The molecule has 0 spiro atoms. The highest BCUT2D eigenvalue weighted by atomic mass is 32.2. The van der Waals surface area contributed by atoms with Gasteiger partial charge in [-0.2, -0.15) is 0 Å². The molecule has 6 heteroatoms. The Hall–Kier alpha value is -1.95. The molecule has 1 aromatic heterocycles. The molecule has 0 radical (unpaired) electrons. The first-order valence-corrected chi connectivity index (χ1v) is 8.82. The molecule has 0 aliphatic carbocycles. The number of carbonyl (C=O) groups is 1. The molecule has 1 aliphatic heterocycles. The van der Waals surface area contributed by atoms with Crippen molar-refractivity contribution in [1.82, 2.24) is 9.88 Å². The Morgan fingerprint density at radius 1 is 1.29 bits per heavy atom. The van der Waals surface area contributed by atoms with E-state index in [0.29, 0.717) is 23.8 Å². The maximum atomic E-state index is 13.6. The molecule has 1 aromatic carbocycles. The molecule has 3 rings (SSSR count). The van der Waals surface area contributed by atoms with Crippen LogP contribution in [-0.2, 0) is 4.79 Å². The molecule has 1 aliphatic rings. The van der Waals surface area contributed by atoms with E-state index in [1.807, 2.05) is 4.90 Å². The maximum Gasteiger partial charge on any atom is 0.233 e. The number of amides is 1. The molecule has 3 nitrogen and oxygen atoms in total. The van der Waals surface area contributed by atoms with E-state index < -0.39 is 11.6 Å². The van der Waals surface area contributed by atoms with Gasteiger partial charge in [0.25, 0.3) is 0 Å². The lowest BCUT2D eigenvalue weighted by atomic mass is 10.0. The molecule has 1 atom stereocenters. The number of hydrogen-bond acceptors (Lipinski definition) is 3. The van der Waals surface area contributed by atoms with Crippen molar-refractivity contribution in [2.75, 3.05) is 12.3 Å².